The fourth-order valence-corrected chi connectivity index (χ4v) is 3.36. The van der Waals surface area contributed by atoms with Crippen LogP contribution in [0.5, 0.6) is 0 Å². The van der Waals surface area contributed by atoms with Crippen LogP contribution in [-0.2, 0) is 11.5 Å². The highest BCUT2D eigenvalue weighted by Crippen LogP contribution is 2.28. The van der Waals surface area contributed by atoms with E-state index in [-0.39, 0.29) is 12.3 Å². The summed E-state index contributed by atoms with van der Waals surface area (Å²) in [6.45, 7) is 7.54. The Hall–Kier alpha value is -1.71. The van der Waals surface area contributed by atoms with Gasteiger partial charge in [-0.2, -0.15) is 0 Å². The average molecular weight is 429 g/mol. The Morgan fingerprint density at radius 2 is 2.12 bits per heavy atom. The second kappa shape index (κ2) is 7.67. The molecular formula is C16H22BrFN4O2Si. The number of fused-ring (bicyclic) bond motifs is 1. The lowest BCUT2D eigenvalue weighted by Crippen LogP contribution is -2.22. The van der Waals surface area contributed by atoms with E-state index in [1.165, 1.54) is 12.3 Å². The summed E-state index contributed by atoms with van der Waals surface area (Å²) in [5.74, 6) is -0.865. The summed E-state index contributed by atoms with van der Waals surface area (Å²) in [6.07, 6.45) is 1.33. The van der Waals surface area contributed by atoms with E-state index in [1.807, 2.05) is 0 Å². The van der Waals surface area contributed by atoms with Crippen LogP contribution in [0.25, 0.3) is 15.5 Å². The molecule has 0 radical (unpaired) electrons. The third kappa shape index (κ3) is 4.68. The fourth-order valence-electron chi connectivity index (χ4n) is 2.30. The molecule has 25 heavy (non-hydrogen) atoms. The van der Waals surface area contributed by atoms with Gasteiger partial charge in [0.2, 0.25) is 0 Å². The summed E-state index contributed by atoms with van der Waals surface area (Å²) in [4.78, 5) is 16.0. The SMILES string of the molecule is C[Si](C)(C)CCOCn1c(C(Br)=CN)nc2c(C(N)=O)cc(F)cc21. The molecule has 0 aliphatic carbocycles. The Bertz CT molecular complexity index is 830. The molecule has 9 heteroatoms. The number of primary amides is 1. The van der Waals surface area contributed by atoms with Crippen LogP contribution in [-0.4, -0.2) is 30.1 Å². The number of benzene rings is 1. The molecule has 136 valence electrons. The zero-order chi connectivity index (χ0) is 18.8. The molecule has 0 saturated carbocycles. The predicted octanol–water partition coefficient (Wildman–Crippen LogP) is 3.24. The monoisotopic (exact) mass is 428 g/mol. The summed E-state index contributed by atoms with van der Waals surface area (Å²) < 4.78 is 21.9. The van der Waals surface area contributed by atoms with Gasteiger partial charge < -0.3 is 16.2 Å². The van der Waals surface area contributed by atoms with Gasteiger partial charge in [-0.15, -0.1) is 0 Å². The Morgan fingerprint density at radius 3 is 2.68 bits per heavy atom. The minimum absolute atomic E-state index is 0.0226. The number of aromatic nitrogens is 2. The van der Waals surface area contributed by atoms with Gasteiger partial charge in [0.15, 0.2) is 5.82 Å². The van der Waals surface area contributed by atoms with Crippen LogP contribution in [0.1, 0.15) is 16.2 Å². The molecule has 0 aliphatic rings. The van der Waals surface area contributed by atoms with Gasteiger partial charge in [-0.05, 0) is 34.1 Å². The zero-order valence-corrected chi connectivity index (χ0v) is 17.1. The number of halogens is 2. The van der Waals surface area contributed by atoms with Crippen molar-refractivity contribution in [1.82, 2.24) is 9.55 Å². The molecule has 0 fully saturated rings. The lowest BCUT2D eigenvalue weighted by molar-refractivity contribution is 0.0893. The minimum Gasteiger partial charge on any atom is -0.404 e. The van der Waals surface area contributed by atoms with Crippen molar-refractivity contribution in [3.63, 3.8) is 0 Å². The number of carbonyl (C=O) groups is 1. The highest BCUT2D eigenvalue weighted by atomic mass is 79.9. The first kappa shape index (κ1) is 19.6. The van der Waals surface area contributed by atoms with E-state index < -0.39 is 19.8 Å². The van der Waals surface area contributed by atoms with Gasteiger partial charge in [0.25, 0.3) is 5.91 Å². The maximum absolute atomic E-state index is 13.9. The van der Waals surface area contributed by atoms with Gasteiger partial charge in [-0.25, -0.2) is 9.37 Å². The van der Waals surface area contributed by atoms with Crippen LogP contribution in [0, 0.1) is 5.82 Å². The number of carbonyl (C=O) groups excluding carboxylic acids is 1. The fraction of sp³-hybridized carbons (Fsp3) is 0.375. The summed E-state index contributed by atoms with van der Waals surface area (Å²) in [6, 6.07) is 3.39. The van der Waals surface area contributed by atoms with E-state index in [9.17, 15) is 9.18 Å². The van der Waals surface area contributed by atoms with Crippen LogP contribution in [0.15, 0.2) is 18.3 Å². The van der Waals surface area contributed by atoms with Crippen molar-refractivity contribution < 1.29 is 13.9 Å². The summed E-state index contributed by atoms with van der Waals surface area (Å²) >= 11 is 3.33. The van der Waals surface area contributed by atoms with Crippen LogP contribution in [0.3, 0.4) is 0 Å². The molecule has 1 aromatic heterocycles. The number of ether oxygens (including phenoxy) is 1. The van der Waals surface area contributed by atoms with Gasteiger partial charge in [0.1, 0.15) is 18.1 Å². The maximum atomic E-state index is 13.9. The van der Waals surface area contributed by atoms with Crippen molar-refractivity contribution in [2.45, 2.75) is 32.4 Å². The molecule has 2 aromatic rings. The molecule has 0 saturated heterocycles. The van der Waals surface area contributed by atoms with E-state index in [4.69, 9.17) is 16.2 Å². The minimum atomic E-state index is -1.22. The largest absolute Gasteiger partial charge is 0.404 e. The number of rotatable bonds is 7. The molecule has 0 atom stereocenters. The normalized spacial score (nSPS) is 12.8. The van der Waals surface area contributed by atoms with Crippen molar-refractivity contribution in [2.24, 2.45) is 11.5 Å². The number of imidazole rings is 1. The Labute approximate surface area is 155 Å². The lowest BCUT2D eigenvalue weighted by Gasteiger charge is -2.16. The standard InChI is InChI=1S/C16H22BrFN4O2Si/c1-25(2,3)5-4-24-9-22-13-7-10(18)6-11(15(20)23)14(13)21-16(22)12(17)8-19/h6-8H,4-5,9,19H2,1-3H3,(H2,20,23). The van der Waals surface area contributed by atoms with E-state index in [0.717, 1.165) is 12.1 Å². The molecule has 0 bridgehead atoms. The molecular weight excluding hydrogens is 407 g/mol. The van der Waals surface area contributed by atoms with Gasteiger partial charge in [-0.1, -0.05) is 19.6 Å². The zero-order valence-electron chi connectivity index (χ0n) is 14.5. The quantitative estimate of drug-likeness (QED) is 0.522. The van der Waals surface area contributed by atoms with Crippen molar-refractivity contribution in [3.05, 3.63) is 35.5 Å². The number of hydrogen-bond acceptors (Lipinski definition) is 4. The topological polar surface area (TPSA) is 96.2 Å². The molecule has 1 amide bonds. The van der Waals surface area contributed by atoms with Crippen LogP contribution in [0.4, 0.5) is 4.39 Å². The predicted molar refractivity (Wildman–Crippen MR) is 103 cm³/mol. The first-order valence-corrected chi connectivity index (χ1v) is 12.3. The molecule has 4 N–H and O–H groups in total. The highest BCUT2D eigenvalue weighted by Gasteiger charge is 2.20. The molecule has 0 aliphatic heterocycles. The third-order valence-corrected chi connectivity index (χ3v) is 5.98. The first-order chi connectivity index (χ1) is 11.6. The van der Waals surface area contributed by atoms with Gasteiger partial charge in [0, 0.05) is 20.9 Å². The number of nitrogens with zero attached hydrogens (tertiary/aromatic N) is 2. The highest BCUT2D eigenvalue weighted by molar-refractivity contribution is 9.15. The molecule has 1 aromatic carbocycles. The summed E-state index contributed by atoms with van der Waals surface area (Å²) in [7, 11) is -1.22. The smallest absolute Gasteiger partial charge is 0.251 e. The third-order valence-electron chi connectivity index (χ3n) is 3.66. The van der Waals surface area contributed by atoms with Crippen LogP contribution >= 0.6 is 15.9 Å². The summed E-state index contributed by atoms with van der Waals surface area (Å²) in [5.41, 5.74) is 11.7. The second-order valence-corrected chi connectivity index (χ2v) is 13.4. The van der Waals surface area contributed by atoms with Gasteiger partial charge >= 0.3 is 0 Å². The number of hydrogen-bond donors (Lipinski definition) is 2. The Morgan fingerprint density at radius 1 is 1.44 bits per heavy atom. The molecule has 0 unspecified atom stereocenters. The van der Waals surface area contributed by atoms with E-state index in [0.29, 0.717) is 27.9 Å². The van der Waals surface area contributed by atoms with Crippen LogP contribution < -0.4 is 11.5 Å². The van der Waals surface area contributed by atoms with E-state index in [1.54, 1.807) is 4.57 Å². The molecule has 0 spiro atoms. The maximum Gasteiger partial charge on any atom is 0.251 e. The average Bonchev–Trinajstić information content (AvgIpc) is 2.87. The van der Waals surface area contributed by atoms with E-state index >= 15 is 0 Å². The molecule has 2 rings (SSSR count). The lowest BCUT2D eigenvalue weighted by atomic mass is 10.1. The molecule has 1 heterocycles. The summed E-state index contributed by atoms with van der Waals surface area (Å²) in [5, 5.41) is 0. The first-order valence-electron chi connectivity index (χ1n) is 7.79. The van der Waals surface area contributed by atoms with Crippen molar-refractivity contribution >= 4 is 45.4 Å². The van der Waals surface area contributed by atoms with Gasteiger partial charge in [0.05, 0.1) is 15.6 Å². The Balaban J connectivity index is 2.46. The number of nitrogens with two attached hydrogens (primary N) is 2. The second-order valence-electron chi connectivity index (χ2n) is 6.91. The number of amides is 1. The molecule has 6 nitrogen and oxygen atoms in total. The Kier molecular flexibility index (Phi) is 6.02. The van der Waals surface area contributed by atoms with Crippen LogP contribution in [0.2, 0.25) is 25.7 Å². The van der Waals surface area contributed by atoms with E-state index in [2.05, 4.69) is 40.6 Å². The van der Waals surface area contributed by atoms with Gasteiger partial charge in [-0.3, -0.25) is 9.36 Å². The van der Waals surface area contributed by atoms with Crippen molar-refractivity contribution in [1.29, 1.82) is 0 Å². The van der Waals surface area contributed by atoms with Crippen molar-refractivity contribution in [3.8, 4) is 0 Å². The van der Waals surface area contributed by atoms with Crippen molar-refractivity contribution in [2.75, 3.05) is 6.61 Å².